The summed E-state index contributed by atoms with van der Waals surface area (Å²) in [5.41, 5.74) is 4.69. The average molecular weight is 406 g/mol. The third kappa shape index (κ3) is 3.79. The monoisotopic (exact) mass is 406 g/mol. The van der Waals surface area contributed by atoms with Crippen molar-refractivity contribution in [1.29, 1.82) is 0 Å². The van der Waals surface area contributed by atoms with E-state index in [2.05, 4.69) is 29.2 Å². The molecule has 5 heteroatoms. The number of aromatic nitrogens is 4. The molecule has 5 rings (SSSR count). The lowest BCUT2D eigenvalue weighted by Gasteiger charge is -2.20. The molecule has 1 unspecified atom stereocenters. The molecule has 1 atom stereocenters. The molecule has 3 aromatic carbocycles. The van der Waals surface area contributed by atoms with Gasteiger partial charge in [0.15, 0.2) is 6.23 Å². The van der Waals surface area contributed by atoms with Gasteiger partial charge in [-0.1, -0.05) is 91.0 Å². The molecule has 0 saturated carbocycles. The zero-order chi connectivity index (χ0) is 21.0. The summed E-state index contributed by atoms with van der Waals surface area (Å²) in [6.07, 6.45) is 4.45. The normalized spacial score (nSPS) is 12.0. The molecule has 0 aliphatic carbocycles. The minimum Gasteiger partial charge on any atom is -0.371 e. The molecule has 31 heavy (non-hydrogen) atoms. The largest absolute Gasteiger partial charge is 0.371 e. The third-order valence-corrected chi connectivity index (χ3v) is 5.27. The average Bonchev–Trinajstić information content (AvgIpc) is 3.49. The van der Waals surface area contributed by atoms with Gasteiger partial charge >= 0.3 is 0 Å². The summed E-state index contributed by atoms with van der Waals surface area (Å²) in [5, 5.41) is 11.4. The summed E-state index contributed by atoms with van der Waals surface area (Å²) in [7, 11) is 0. The van der Waals surface area contributed by atoms with Crippen molar-refractivity contribution in [2.75, 3.05) is 0 Å². The van der Waals surface area contributed by atoms with E-state index in [1.54, 1.807) is 12.5 Å². The second kappa shape index (κ2) is 8.42. The van der Waals surface area contributed by atoms with Crippen LogP contribution in [0, 0.1) is 0 Å². The van der Waals surface area contributed by atoms with E-state index in [0.717, 1.165) is 33.9 Å². The molecule has 0 fully saturated rings. The van der Waals surface area contributed by atoms with Gasteiger partial charge in [-0.2, -0.15) is 0 Å². The fourth-order valence-corrected chi connectivity index (χ4v) is 3.85. The van der Waals surface area contributed by atoms with Crippen LogP contribution in [0.15, 0.2) is 110 Å². The molecular weight excluding hydrogens is 384 g/mol. The van der Waals surface area contributed by atoms with Crippen molar-refractivity contribution in [2.24, 2.45) is 0 Å². The Hall–Kier alpha value is -3.96. The lowest BCUT2D eigenvalue weighted by atomic mass is 10.0. The van der Waals surface area contributed by atoms with Crippen molar-refractivity contribution in [3.63, 3.8) is 0 Å². The molecule has 0 spiro atoms. The Morgan fingerprint density at radius 2 is 1.32 bits per heavy atom. The SMILES string of the molecule is OC(Cn1ccnc1)n1c(-c2ccccc2)nc(-c2ccccc2)c1-c1ccccc1. The third-order valence-electron chi connectivity index (χ3n) is 5.27. The molecule has 0 radical (unpaired) electrons. The molecular formula is C26H22N4O. The van der Waals surface area contributed by atoms with E-state index in [0.29, 0.717) is 6.54 Å². The van der Waals surface area contributed by atoms with Gasteiger partial charge in [0.05, 0.1) is 24.3 Å². The Kier molecular flexibility index (Phi) is 5.17. The van der Waals surface area contributed by atoms with Gasteiger partial charge in [0, 0.05) is 29.1 Å². The first-order valence-electron chi connectivity index (χ1n) is 10.2. The van der Waals surface area contributed by atoms with Crippen LogP contribution in [-0.4, -0.2) is 24.2 Å². The molecule has 5 aromatic rings. The zero-order valence-electron chi connectivity index (χ0n) is 16.9. The van der Waals surface area contributed by atoms with Crippen LogP contribution in [0.2, 0.25) is 0 Å². The summed E-state index contributed by atoms with van der Waals surface area (Å²) >= 11 is 0. The lowest BCUT2D eigenvalue weighted by molar-refractivity contribution is 0.0881. The van der Waals surface area contributed by atoms with Crippen molar-refractivity contribution in [3.8, 4) is 33.9 Å². The van der Waals surface area contributed by atoms with E-state index in [4.69, 9.17) is 4.98 Å². The van der Waals surface area contributed by atoms with Gasteiger partial charge in [-0.3, -0.25) is 4.57 Å². The number of hydrogen-bond acceptors (Lipinski definition) is 3. The highest BCUT2D eigenvalue weighted by Crippen LogP contribution is 2.38. The number of nitrogens with zero attached hydrogens (tertiary/aromatic N) is 4. The molecule has 1 N–H and O–H groups in total. The number of rotatable bonds is 6. The van der Waals surface area contributed by atoms with Crippen LogP contribution in [0.5, 0.6) is 0 Å². The minimum atomic E-state index is -0.829. The second-order valence-electron chi connectivity index (χ2n) is 7.34. The van der Waals surface area contributed by atoms with Crippen molar-refractivity contribution in [3.05, 3.63) is 110 Å². The Morgan fingerprint density at radius 1 is 0.742 bits per heavy atom. The molecule has 2 aromatic heterocycles. The Balaban J connectivity index is 1.77. The van der Waals surface area contributed by atoms with Crippen LogP contribution in [0.4, 0.5) is 0 Å². The lowest BCUT2D eigenvalue weighted by Crippen LogP contribution is -2.17. The van der Waals surface area contributed by atoms with Crippen molar-refractivity contribution in [2.45, 2.75) is 12.8 Å². The Bertz CT molecular complexity index is 1250. The summed E-state index contributed by atoms with van der Waals surface area (Å²) in [6, 6.07) is 30.2. The number of imidazole rings is 2. The molecule has 0 aliphatic heterocycles. The zero-order valence-corrected chi connectivity index (χ0v) is 16.9. The van der Waals surface area contributed by atoms with E-state index in [9.17, 15) is 5.11 Å². The quantitative estimate of drug-likeness (QED) is 0.418. The number of benzene rings is 3. The maximum absolute atomic E-state index is 11.4. The highest BCUT2D eigenvalue weighted by Gasteiger charge is 2.25. The highest BCUT2D eigenvalue weighted by molar-refractivity contribution is 5.82. The molecule has 0 saturated heterocycles. The van der Waals surface area contributed by atoms with Crippen LogP contribution in [0.25, 0.3) is 33.9 Å². The van der Waals surface area contributed by atoms with E-state index in [1.165, 1.54) is 0 Å². The van der Waals surface area contributed by atoms with Crippen LogP contribution in [-0.2, 0) is 6.54 Å². The van der Waals surface area contributed by atoms with Crippen molar-refractivity contribution < 1.29 is 5.11 Å². The molecule has 0 aliphatic rings. The van der Waals surface area contributed by atoms with E-state index >= 15 is 0 Å². The first-order chi connectivity index (χ1) is 15.3. The standard InChI is InChI=1S/C26H22N4O/c31-23(18-29-17-16-27-19-29)30-25(21-12-6-2-7-13-21)24(20-10-4-1-5-11-20)28-26(30)22-14-8-3-9-15-22/h1-17,19,23,31H,18H2. The Morgan fingerprint density at radius 3 is 1.90 bits per heavy atom. The summed E-state index contributed by atoms with van der Waals surface area (Å²) < 4.78 is 3.81. The first-order valence-corrected chi connectivity index (χ1v) is 10.2. The van der Waals surface area contributed by atoms with Gasteiger partial charge in [0.25, 0.3) is 0 Å². The molecule has 0 bridgehead atoms. The van der Waals surface area contributed by atoms with Crippen LogP contribution in [0.3, 0.4) is 0 Å². The number of aliphatic hydroxyl groups excluding tert-OH is 1. The van der Waals surface area contributed by atoms with Crippen molar-refractivity contribution >= 4 is 0 Å². The van der Waals surface area contributed by atoms with E-state index < -0.39 is 6.23 Å². The van der Waals surface area contributed by atoms with Crippen LogP contribution < -0.4 is 0 Å². The molecule has 2 heterocycles. The maximum atomic E-state index is 11.4. The van der Waals surface area contributed by atoms with E-state index in [1.807, 2.05) is 82.1 Å². The van der Waals surface area contributed by atoms with Gasteiger partial charge < -0.3 is 9.67 Å². The van der Waals surface area contributed by atoms with Gasteiger partial charge in [0.2, 0.25) is 0 Å². The smallest absolute Gasteiger partial charge is 0.150 e. The van der Waals surface area contributed by atoms with Gasteiger partial charge in [-0.25, -0.2) is 9.97 Å². The van der Waals surface area contributed by atoms with Crippen molar-refractivity contribution in [1.82, 2.24) is 19.1 Å². The fourth-order valence-electron chi connectivity index (χ4n) is 3.85. The molecule has 0 amide bonds. The topological polar surface area (TPSA) is 55.9 Å². The summed E-state index contributed by atoms with van der Waals surface area (Å²) in [4.78, 5) is 9.17. The predicted octanol–water partition coefficient (Wildman–Crippen LogP) is 5.27. The summed E-state index contributed by atoms with van der Waals surface area (Å²) in [6.45, 7) is 0.365. The maximum Gasteiger partial charge on any atom is 0.150 e. The minimum absolute atomic E-state index is 0.365. The Labute approximate surface area is 180 Å². The first kappa shape index (κ1) is 19.0. The summed E-state index contributed by atoms with van der Waals surface area (Å²) in [5.74, 6) is 0.728. The second-order valence-corrected chi connectivity index (χ2v) is 7.34. The van der Waals surface area contributed by atoms with Gasteiger partial charge in [-0.05, 0) is 0 Å². The van der Waals surface area contributed by atoms with Crippen LogP contribution >= 0.6 is 0 Å². The van der Waals surface area contributed by atoms with Crippen LogP contribution in [0.1, 0.15) is 6.23 Å². The van der Waals surface area contributed by atoms with E-state index in [-0.39, 0.29) is 0 Å². The fraction of sp³-hybridized carbons (Fsp3) is 0.0769. The molecule has 5 nitrogen and oxygen atoms in total. The molecule has 152 valence electrons. The van der Waals surface area contributed by atoms with Gasteiger partial charge in [0.1, 0.15) is 5.82 Å². The van der Waals surface area contributed by atoms with Gasteiger partial charge in [-0.15, -0.1) is 0 Å². The number of aliphatic hydroxyl groups is 1. The predicted molar refractivity (Wildman–Crippen MR) is 122 cm³/mol. The number of hydrogen-bond donors (Lipinski definition) is 1. The highest BCUT2D eigenvalue weighted by atomic mass is 16.3.